The minimum atomic E-state index is -0.0701. The zero-order valence-electron chi connectivity index (χ0n) is 12.9. The van der Waals surface area contributed by atoms with E-state index in [4.69, 9.17) is 4.74 Å². The van der Waals surface area contributed by atoms with Gasteiger partial charge in [-0.1, -0.05) is 36.4 Å². The van der Waals surface area contributed by atoms with Crippen LogP contribution >= 0.6 is 22.7 Å². The van der Waals surface area contributed by atoms with Crippen LogP contribution in [-0.2, 0) is 4.74 Å². The second-order valence-electron chi connectivity index (χ2n) is 5.54. The third-order valence-corrected chi connectivity index (χ3v) is 5.86. The van der Waals surface area contributed by atoms with E-state index in [-0.39, 0.29) is 12.0 Å². The van der Waals surface area contributed by atoms with Crippen molar-refractivity contribution in [3.8, 4) is 9.88 Å². The molecular formula is C18H16N2O2S2. The number of morpholine rings is 1. The molecule has 0 saturated carbocycles. The van der Waals surface area contributed by atoms with Gasteiger partial charge < -0.3 is 9.64 Å². The first kappa shape index (κ1) is 15.5. The van der Waals surface area contributed by atoms with Gasteiger partial charge in [-0.3, -0.25) is 4.79 Å². The van der Waals surface area contributed by atoms with Crippen molar-refractivity contribution in [2.45, 2.75) is 6.10 Å². The predicted octanol–water partition coefficient (Wildman–Crippen LogP) is 4.09. The largest absolute Gasteiger partial charge is 0.370 e. The Morgan fingerprint density at radius 3 is 2.83 bits per heavy atom. The zero-order valence-corrected chi connectivity index (χ0v) is 14.6. The molecule has 3 heterocycles. The summed E-state index contributed by atoms with van der Waals surface area (Å²) in [6.07, 6.45) is -0.0701. The average molecular weight is 356 g/mol. The van der Waals surface area contributed by atoms with E-state index >= 15 is 0 Å². The van der Waals surface area contributed by atoms with E-state index in [1.54, 1.807) is 11.3 Å². The Morgan fingerprint density at radius 2 is 2.04 bits per heavy atom. The molecule has 4 nitrogen and oxygen atoms in total. The van der Waals surface area contributed by atoms with Crippen LogP contribution in [-0.4, -0.2) is 35.5 Å². The van der Waals surface area contributed by atoms with E-state index < -0.39 is 0 Å². The van der Waals surface area contributed by atoms with Gasteiger partial charge in [-0.05, 0) is 17.0 Å². The molecule has 2 aromatic heterocycles. The molecule has 0 bridgehead atoms. The van der Waals surface area contributed by atoms with Crippen molar-refractivity contribution >= 4 is 28.6 Å². The van der Waals surface area contributed by atoms with Crippen LogP contribution in [0.25, 0.3) is 9.88 Å². The molecule has 6 heteroatoms. The molecule has 0 aliphatic carbocycles. The molecule has 24 heavy (non-hydrogen) atoms. The van der Waals surface area contributed by atoms with Crippen LogP contribution in [0.2, 0.25) is 0 Å². The Balaban J connectivity index is 1.50. The monoisotopic (exact) mass is 356 g/mol. The number of aromatic nitrogens is 1. The molecule has 1 unspecified atom stereocenters. The summed E-state index contributed by atoms with van der Waals surface area (Å²) in [6, 6.07) is 14.1. The topological polar surface area (TPSA) is 42.4 Å². The number of hydrogen-bond donors (Lipinski definition) is 0. The van der Waals surface area contributed by atoms with Crippen LogP contribution in [0.5, 0.6) is 0 Å². The van der Waals surface area contributed by atoms with Gasteiger partial charge in [0.05, 0.1) is 18.0 Å². The fourth-order valence-electron chi connectivity index (χ4n) is 2.75. The molecule has 0 radical (unpaired) electrons. The number of hydrogen-bond acceptors (Lipinski definition) is 5. The first-order chi connectivity index (χ1) is 11.8. The highest BCUT2D eigenvalue weighted by Gasteiger charge is 2.27. The van der Waals surface area contributed by atoms with Gasteiger partial charge in [-0.2, -0.15) is 0 Å². The normalized spacial score (nSPS) is 17.8. The maximum Gasteiger partial charge on any atom is 0.273 e. The Bertz CT molecular complexity index is 815. The molecule has 0 spiro atoms. The molecule has 1 aromatic carbocycles. The van der Waals surface area contributed by atoms with Crippen LogP contribution in [0.15, 0.2) is 53.2 Å². The van der Waals surface area contributed by atoms with Gasteiger partial charge in [0.1, 0.15) is 16.8 Å². The molecule has 1 atom stereocenters. The maximum absolute atomic E-state index is 12.8. The summed E-state index contributed by atoms with van der Waals surface area (Å²) in [5.74, 6) is -0.0155. The van der Waals surface area contributed by atoms with Crippen molar-refractivity contribution in [1.29, 1.82) is 0 Å². The molecular weight excluding hydrogens is 340 g/mol. The number of thiophene rings is 1. The number of nitrogens with zero attached hydrogens (tertiary/aromatic N) is 2. The zero-order chi connectivity index (χ0) is 16.4. The fourth-order valence-corrected chi connectivity index (χ4v) is 4.36. The average Bonchev–Trinajstić information content (AvgIpc) is 3.33. The van der Waals surface area contributed by atoms with E-state index in [9.17, 15) is 4.79 Å². The van der Waals surface area contributed by atoms with Crippen LogP contribution in [0.3, 0.4) is 0 Å². The number of carbonyl (C=O) groups excluding carboxylic acids is 1. The van der Waals surface area contributed by atoms with Crippen molar-refractivity contribution in [2.24, 2.45) is 0 Å². The van der Waals surface area contributed by atoms with E-state index in [2.05, 4.69) is 4.98 Å². The lowest BCUT2D eigenvalue weighted by Gasteiger charge is -2.32. The summed E-state index contributed by atoms with van der Waals surface area (Å²) in [7, 11) is 0. The number of benzene rings is 1. The van der Waals surface area contributed by atoms with E-state index in [0.29, 0.717) is 25.4 Å². The summed E-state index contributed by atoms with van der Waals surface area (Å²) in [4.78, 5) is 20.2. The van der Waals surface area contributed by atoms with E-state index in [1.165, 1.54) is 11.3 Å². The SMILES string of the molecule is O=C(c1csc(-c2cccs2)n1)N1CCOC(c2ccccc2)C1. The van der Waals surface area contributed by atoms with Crippen LogP contribution in [0.4, 0.5) is 0 Å². The molecule has 0 N–H and O–H groups in total. The Kier molecular flexibility index (Phi) is 4.42. The lowest BCUT2D eigenvalue weighted by molar-refractivity contribution is -0.0229. The minimum absolute atomic E-state index is 0.0155. The first-order valence-corrected chi connectivity index (χ1v) is 9.52. The van der Waals surface area contributed by atoms with Crippen molar-refractivity contribution < 1.29 is 9.53 Å². The predicted molar refractivity (Wildman–Crippen MR) is 96.5 cm³/mol. The Labute approximate surface area is 148 Å². The molecule has 122 valence electrons. The lowest BCUT2D eigenvalue weighted by Crippen LogP contribution is -2.42. The Hall–Kier alpha value is -2.02. The minimum Gasteiger partial charge on any atom is -0.370 e. The summed E-state index contributed by atoms with van der Waals surface area (Å²) in [6.45, 7) is 1.72. The van der Waals surface area contributed by atoms with E-state index in [0.717, 1.165) is 15.4 Å². The van der Waals surface area contributed by atoms with Crippen LogP contribution in [0, 0.1) is 0 Å². The number of amides is 1. The summed E-state index contributed by atoms with van der Waals surface area (Å²) < 4.78 is 5.83. The van der Waals surface area contributed by atoms with Crippen molar-refractivity contribution in [2.75, 3.05) is 19.7 Å². The lowest BCUT2D eigenvalue weighted by atomic mass is 10.1. The molecule has 3 aromatic rings. The second-order valence-corrected chi connectivity index (χ2v) is 7.34. The fraction of sp³-hybridized carbons (Fsp3) is 0.222. The van der Waals surface area contributed by atoms with Gasteiger partial charge in [-0.25, -0.2) is 4.98 Å². The maximum atomic E-state index is 12.8. The van der Waals surface area contributed by atoms with Gasteiger partial charge in [0.25, 0.3) is 5.91 Å². The van der Waals surface area contributed by atoms with Gasteiger partial charge in [-0.15, -0.1) is 22.7 Å². The molecule has 4 rings (SSSR count). The number of thiazole rings is 1. The van der Waals surface area contributed by atoms with Gasteiger partial charge in [0.15, 0.2) is 0 Å². The second kappa shape index (κ2) is 6.84. The first-order valence-electron chi connectivity index (χ1n) is 7.76. The van der Waals surface area contributed by atoms with Crippen molar-refractivity contribution in [3.63, 3.8) is 0 Å². The summed E-state index contributed by atoms with van der Waals surface area (Å²) in [5.41, 5.74) is 1.63. The highest BCUT2D eigenvalue weighted by molar-refractivity contribution is 7.20. The highest BCUT2D eigenvalue weighted by atomic mass is 32.1. The molecule has 1 amide bonds. The summed E-state index contributed by atoms with van der Waals surface area (Å²) in [5, 5.41) is 4.77. The van der Waals surface area contributed by atoms with Gasteiger partial charge in [0.2, 0.25) is 0 Å². The number of ether oxygens (including phenoxy) is 1. The third kappa shape index (κ3) is 3.13. The van der Waals surface area contributed by atoms with Gasteiger partial charge >= 0.3 is 0 Å². The quantitative estimate of drug-likeness (QED) is 0.710. The van der Waals surface area contributed by atoms with Crippen molar-refractivity contribution in [1.82, 2.24) is 9.88 Å². The molecule has 1 saturated heterocycles. The van der Waals surface area contributed by atoms with Crippen molar-refractivity contribution in [3.05, 3.63) is 64.5 Å². The number of carbonyl (C=O) groups is 1. The molecule has 1 fully saturated rings. The van der Waals surface area contributed by atoms with Crippen LogP contribution < -0.4 is 0 Å². The molecule has 1 aliphatic heterocycles. The van der Waals surface area contributed by atoms with Gasteiger partial charge in [0, 0.05) is 11.9 Å². The summed E-state index contributed by atoms with van der Waals surface area (Å²) >= 11 is 3.15. The number of rotatable bonds is 3. The van der Waals surface area contributed by atoms with E-state index in [1.807, 2.05) is 58.1 Å². The standard InChI is InChI=1S/C18H16N2O2S2/c21-18(14-12-24-17(19-14)16-7-4-10-23-16)20-8-9-22-15(11-20)13-5-2-1-3-6-13/h1-7,10,12,15H,8-9,11H2. The third-order valence-electron chi connectivity index (χ3n) is 3.98. The van der Waals surface area contributed by atoms with Crippen LogP contribution in [0.1, 0.15) is 22.2 Å². The molecule has 1 aliphatic rings. The highest BCUT2D eigenvalue weighted by Crippen LogP contribution is 2.29. The Morgan fingerprint density at radius 1 is 1.17 bits per heavy atom. The smallest absolute Gasteiger partial charge is 0.273 e.